The average Bonchev–Trinajstić information content (AvgIpc) is 3.37. The first-order valence-corrected chi connectivity index (χ1v) is 9.08. The Morgan fingerprint density at radius 1 is 1.07 bits per heavy atom. The molecule has 5 rings (SSSR count). The quantitative estimate of drug-likeness (QED) is 0.601. The third-order valence-electron chi connectivity index (χ3n) is 5.11. The minimum Gasteiger partial charge on any atom is -0.311 e. The largest absolute Gasteiger partial charge is 0.311 e. The van der Waals surface area contributed by atoms with Crippen LogP contribution in [0.15, 0.2) is 67.3 Å². The van der Waals surface area contributed by atoms with Crippen LogP contribution in [-0.2, 0) is 11.8 Å². The molecule has 3 heterocycles. The normalized spacial score (nSPS) is 15.9. The number of carbonyl (C=O) groups excluding carboxylic acids is 1. The van der Waals surface area contributed by atoms with Crippen molar-refractivity contribution < 1.29 is 4.79 Å². The molecule has 7 heteroatoms. The van der Waals surface area contributed by atoms with Gasteiger partial charge in [0, 0.05) is 30.5 Å². The molecule has 0 unspecified atom stereocenters. The zero-order valence-electron chi connectivity index (χ0n) is 15.3. The van der Waals surface area contributed by atoms with Gasteiger partial charge in [0.25, 0.3) is 0 Å². The number of benzene rings is 2. The fourth-order valence-corrected chi connectivity index (χ4v) is 3.78. The first-order chi connectivity index (χ1) is 13.7. The summed E-state index contributed by atoms with van der Waals surface area (Å²) in [5, 5.41) is 11.9. The predicted octanol–water partition coefficient (Wildman–Crippen LogP) is 3.14. The van der Waals surface area contributed by atoms with E-state index in [1.54, 1.807) is 15.7 Å². The van der Waals surface area contributed by atoms with E-state index in [0.717, 1.165) is 33.9 Å². The number of amides is 1. The number of fused-ring (bicyclic) bond motifs is 1. The maximum absolute atomic E-state index is 12.4. The number of aromatic nitrogens is 5. The fraction of sp³-hybridized carbons (Fsp3) is 0.143. The van der Waals surface area contributed by atoms with Gasteiger partial charge >= 0.3 is 0 Å². The van der Waals surface area contributed by atoms with Crippen LogP contribution in [0.5, 0.6) is 0 Å². The molecule has 1 aliphatic rings. The third kappa shape index (κ3) is 2.68. The molecule has 0 saturated heterocycles. The first kappa shape index (κ1) is 16.4. The van der Waals surface area contributed by atoms with Gasteiger partial charge in [-0.25, -0.2) is 9.67 Å². The van der Waals surface area contributed by atoms with Gasteiger partial charge in [-0.3, -0.25) is 9.48 Å². The highest BCUT2D eigenvalue weighted by Crippen LogP contribution is 2.42. The molecule has 0 saturated carbocycles. The first-order valence-electron chi connectivity index (χ1n) is 9.08. The standard InChI is InChI=1S/C21H18N6O/c1-26-21-19(20(25-26)15-5-3-2-4-6-15)17(11-18(28)24-21)14-7-9-16(10-8-14)27-13-22-12-23-27/h2-10,12-13,17H,11H2,1H3,(H,24,28)/t17-/m1/s1. The van der Waals surface area contributed by atoms with E-state index in [9.17, 15) is 4.79 Å². The lowest BCUT2D eigenvalue weighted by Gasteiger charge is -2.24. The van der Waals surface area contributed by atoms with Crippen LogP contribution < -0.4 is 5.32 Å². The van der Waals surface area contributed by atoms with Gasteiger partial charge in [-0.1, -0.05) is 42.5 Å². The van der Waals surface area contributed by atoms with Crippen LogP contribution >= 0.6 is 0 Å². The highest BCUT2D eigenvalue weighted by Gasteiger charge is 2.33. The zero-order chi connectivity index (χ0) is 19.1. The van der Waals surface area contributed by atoms with Crippen molar-refractivity contribution in [2.45, 2.75) is 12.3 Å². The minimum atomic E-state index is -0.0579. The van der Waals surface area contributed by atoms with Crippen molar-refractivity contribution in [2.75, 3.05) is 5.32 Å². The van der Waals surface area contributed by atoms with Crippen molar-refractivity contribution in [2.24, 2.45) is 7.05 Å². The van der Waals surface area contributed by atoms with Gasteiger partial charge in [-0.15, -0.1) is 0 Å². The zero-order valence-corrected chi connectivity index (χ0v) is 15.3. The summed E-state index contributed by atoms with van der Waals surface area (Å²) >= 11 is 0. The van der Waals surface area contributed by atoms with E-state index >= 15 is 0 Å². The summed E-state index contributed by atoms with van der Waals surface area (Å²) in [6.45, 7) is 0. The summed E-state index contributed by atoms with van der Waals surface area (Å²) in [5.41, 5.74) is 5.01. The van der Waals surface area contributed by atoms with Crippen LogP contribution in [0, 0.1) is 0 Å². The van der Waals surface area contributed by atoms with Crippen LogP contribution in [0.3, 0.4) is 0 Å². The molecule has 138 valence electrons. The molecule has 2 aromatic heterocycles. The molecule has 4 aromatic rings. The summed E-state index contributed by atoms with van der Waals surface area (Å²) < 4.78 is 3.47. The van der Waals surface area contributed by atoms with Gasteiger partial charge in [0.1, 0.15) is 18.5 Å². The maximum atomic E-state index is 12.4. The summed E-state index contributed by atoms with van der Waals surface area (Å²) in [4.78, 5) is 16.4. The van der Waals surface area contributed by atoms with Gasteiger partial charge in [0.15, 0.2) is 0 Å². The molecule has 2 aromatic carbocycles. The molecule has 1 amide bonds. The summed E-state index contributed by atoms with van der Waals surface area (Å²) in [7, 11) is 1.86. The predicted molar refractivity (Wildman–Crippen MR) is 105 cm³/mol. The van der Waals surface area contributed by atoms with E-state index < -0.39 is 0 Å². The SMILES string of the molecule is Cn1nc(-c2ccccc2)c2c1NC(=O)C[C@@H]2c1ccc(-n2cncn2)cc1. The van der Waals surface area contributed by atoms with Crippen molar-refractivity contribution in [3.63, 3.8) is 0 Å². The lowest BCUT2D eigenvalue weighted by Crippen LogP contribution is -2.24. The molecule has 28 heavy (non-hydrogen) atoms. The Kier molecular flexibility index (Phi) is 3.79. The van der Waals surface area contributed by atoms with Crippen molar-refractivity contribution in [3.05, 3.63) is 78.4 Å². The second kappa shape index (κ2) is 6.45. The third-order valence-corrected chi connectivity index (χ3v) is 5.11. The van der Waals surface area contributed by atoms with Crippen LogP contribution in [0.4, 0.5) is 5.82 Å². The van der Waals surface area contributed by atoms with Crippen LogP contribution in [0.1, 0.15) is 23.5 Å². The number of hydrogen-bond donors (Lipinski definition) is 1. The molecule has 0 aliphatic carbocycles. The van der Waals surface area contributed by atoms with Crippen molar-refractivity contribution in [1.82, 2.24) is 24.5 Å². The molecular weight excluding hydrogens is 352 g/mol. The van der Waals surface area contributed by atoms with Crippen molar-refractivity contribution in [3.8, 4) is 16.9 Å². The number of nitrogens with one attached hydrogen (secondary N) is 1. The second-order valence-electron chi connectivity index (χ2n) is 6.84. The van der Waals surface area contributed by atoms with E-state index in [2.05, 4.69) is 15.4 Å². The number of carbonyl (C=O) groups is 1. The van der Waals surface area contributed by atoms with E-state index in [4.69, 9.17) is 5.10 Å². The maximum Gasteiger partial charge on any atom is 0.226 e. The van der Waals surface area contributed by atoms with E-state index in [-0.39, 0.29) is 11.8 Å². The number of anilines is 1. The minimum absolute atomic E-state index is 0.000430. The van der Waals surface area contributed by atoms with Crippen molar-refractivity contribution in [1.29, 1.82) is 0 Å². The molecular formula is C21H18N6O. The lowest BCUT2D eigenvalue weighted by molar-refractivity contribution is -0.116. The van der Waals surface area contributed by atoms with Crippen LogP contribution in [0.25, 0.3) is 16.9 Å². The Morgan fingerprint density at radius 3 is 2.57 bits per heavy atom. The highest BCUT2D eigenvalue weighted by molar-refractivity contribution is 5.96. The van der Waals surface area contributed by atoms with Gasteiger partial charge in [0.2, 0.25) is 5.91 Å². The van der Waals surface area contributed by atoms with Gasteiger partial charge in [0.05, 0.1) is 11.4 Å². The Hall–Kier alpha value is -3.74. The summed E-state index contributed by atoms with van der Waals surface area (Å²) in [5.74, 6) is 0.707. The molecule has 1 atom stereocenters. The molecule has 7 nitrogen and oxygen atoms in total. The van der Waals surface area contributed by atoms with Gasteiger partial charge in [-0.05, 0) is 17.7 Å². The van der Waals surface area contributed by atoms with Crippen LogP contribution in [0.2, 0.25) is 0 Å². The average molecular weight is 370 g/mol. The number of rotatable bonds is 3. The Morgan fingerprint density at radius 2 is 1.86 bits per heavy atom. The van der Waals surface area contributed by atoms with Gasteiger partial charge < -0.3 is 5.32 Å². The van der Waals surface area contributed by atoms with Crippen molar-refractivity contribution >= 4 is 11.7 Å². The number of nitrogens with zero attached hydrogens (tertiary/aromatic N) is 5. The Balaban J connectivity index is 1.61. The van der Waals surface area contributed by atoms with E-state index in [0.29, 0.717) is 6.42 Å². The summed E-state index contributed by atoms with van der Waals surface area (Å²) in [6, 6.07) is 18.2. The smallest absolute Gasteiger partial charge is 0.226 e. The monoisotopic (exact) mass is 370 g/mol. The highest BCUT2D eigenvalue weighted by atomic mass is 16.1. The van der Waals surface area contributed by atoms with E-state index in [1.807, 2.05) is 61.6 Å². The number of hydrogen-bond acceptors (Lipinski definition) is 4. The molecule has 0 radical (unpaired) electrons. The molecule has 0 spiro atoms. The molecule has 1 aliphatic heterocycles. The van der Waals surface area contributed by atoms with E-state index in [1.165, 1.54) is 6.33 Å². The lowest BCUT2D eigenvalue weighted by atomic mass is 9.84. The second-order valence-corrected chi connectivity index (χ2v) is 6.84. The fourth-order valence-electron chi connectivity index (χ4n) is 3.78. The Labute approximate surface area is 161 Å². The Bertz CT molecular complexity index is 1130. The summed E-state index contributed by atoms with van der Waals surface area (Å²) in [6.07, 6.45) is 3.56. The molecule has 1 N–H and O–H groups in total. The molecule has 0 fully saturated rings. The number of aryl methyl sites for hydroxylation is 1. The van der Waals surface area contributed by atoms with Gasteiger partial charge in [-0.2, -0.15) is 10.2 Å². The topological polar surface area (TPSA) is 77.6 Å². The molecule has 0 bridgehead atoms. The van der Waals surface area contributed by atoms with Crippen LogP contribution in [-0.4, -0.2) is 30.5 Å².